The van der Waals surface area contributed by atoms with Gasteiger partial charge in [-0.1, -0.05) is 29.8 Å². The van der Waals surface area contributed by atoms with Crippen LogP contribution in [0, 0.1) is 0 Å². The number of hydrogen-bond acceptors (Lipinski definition) is 5. The molecule has 1 amide bonds. The standard InChI is InChI=1S/C24H25ClN2O5S/c1-17(18-7-9-21(31-2)10-8-18)26-24(28)16-27(20-6-4-5-19(25)15-20)33(29,30)23-13-11-22(32-3)12-14-23/h4-15,17H,16H2,1-3H3,(H,26,28). The predicted molar refractivity (Wildman–Crippen MR) is 129 cm³/mol. The van der Waals surface area contributed by atoms with Crippen LogP contribution < -0.4 is 19.1 Å². The number of ether oxygens (including phenoxy) is 2. The number of anilines is 1. The third-order valence-electron chi connectivity index (χ3n) is 5.02. The van der Waals surface area contributed by atoms with Gasteiger partial charge >= 0.3 is 0 Å². The number of methoxy groups -OCH3 is 2. The van der Waals surface area contributed by atoms with Crippen LogP contribution in [-0.2, 0) is 14.8 Å². The fraction of sp³-hybridized carbons (Fsp3) is 0.208. The van der Waals surface area contributed by atoms with E-state index in [-0.39, 0.29) is 16.6 Å². The number of halogens is 1. The van der Waals surface area contributed by atoms with E-state index in [1.54, 1.807) is 49.6 Å². The van der Waals surface area contributed by atoms with Crippen LogP contribution in [-0.4, -0.2) is 35.1 Å². The van der Waals surface area contributed by atoms with Gasteiger partial charge in [-0.3, -0.25) is 9.10 Å². The lowest BCUT2D eigenvalue weighted by atomic mass is 10.1. The van der Waals surface area contributed by atoms with Crippen molar-refractivity contribution in [1.82, 2.24) is 5.32 Å². The summed E-state index contributed by atoms with van der Waals surface area (Å²) in [6.45, 7) is 1.40. The molecule has 0 spiro atoms. The van der Waals surface area contributed by atoms with Gasteiger partial charge in [0, 0.05) is 5.02 Å². The highest BCUT2D eigenvalue weighted by Gasteiger charge is 2.28. The molecule has 0 bridgehead atoms. The molecule has 0 heterocycles. The Bertz CT molecular complexity index is 1200. The first-order valence-corrected chi connectivity index (χ1v) is 11.9. The van der Waals surface area contributed by atoms with Crippen molar-refractivity contribution < 1.29 is 22.7 Å². The second kappa shape index (κ2) is 10.6. The summed E-state index contributed by atoms with van der Waals surface area (Å²) in [5, 5.41) is 3.21. The molecular formula is C24H25ClN2O5S. The molecule has 0 saturated carbocycles. The van der Waals surface area contributed by atoms with Crippen molar-refractivity contribution >= 4 is 33.2 Å². The Morgan fingerprint density at radius 3 is 2.09 bits per heavy atom. The van der Waals surface area contributed by atoms with Crippen LogP contribution in [0.2, 0.25) is 5.02 Å². The Balaban J connectivity index is 1.87. The summed E-state index contributed by atoms with van der Waals surface area (Å²) in [6.07, 6.45) is 0. The number of nitrogens with one attached hydrogen (secondary N) is 1. The number of sulfonamides is 1. The average molecular weight is 489 g/mol. The van der Waals surface area contributed by atoms with Crippen LogP contribution in [0.15, 0.2) is 77.7 Å². The number of benzene rings is 3. The average Bonchev–Trinajstić information content (AvgIpc) is 2.82. The Labute approximate surface area is 198 Å². The molecule has 0 saturated heterocycles. The summed E-state index contributed by atoms with van der Waals surface area (Å²) in [5.74, 6) is 0.764. The van der Waals surface area contributed by atoms with Gasteiger partial charge in [0.15, 0.2) is 0 Å². The van der Waals surface area contributed by atoms with Gasteiger partial charge in [0.1, 0.15) is 18.0 Å². The first-order chi connectivity index (χ1) is 15.7. The highest BCUT2D eigenvalue weighted by Crippen LogP contribution is 2.27. The number of nitrogens with zero attached hydrogens (tertiary/aromatic N) is 1. The van der Waals surface area contributed by atoms with E-state index in [0.717, 1.165) is 9.87 Å². The molecule has 33 heavy (non-hydrogen) atoms. The number of amides is 1. The van der Waals surface area contributed by atoms with Crippen LogP contribution in [0.25, 0.3) is 0 Å². The van der Waals surface area contributed by atoms with Gasteiger partial charge in [-0.2, -0.15) is 0 Å². The van der Waals surface area contributed by atoms with E-state index in [1.165, 1.54) is 25.3 Å². The molecule has 174 valence electrons. The van der Waals surface area contributed by atoms with E-state index in [4.69, 9.17) is 21.1 Å². The lowest BCUT2D eigenvalue weighted by Crippen LogP contribution is -2.41. The second-order valence-electron chi connectivity index (χ2n) is 7.23. The predicted octanol–water partition coefficient (Wildman–Crippen LogP) is 4.43. The van der Waals surface area contributed by atoms with Crippen molar-refractivity contribution in [3.8, 4) is 11.5 Å². The van der Waals surface area contributed by atoms with Crippen LogP contribution in [0.4, 0.5) is 5.69 Å². The quantitative estimate of drug-likeness (QED) is 0.481. The summed E-state index contributed by atoms with van der Waals surface area (Å²) in [5.41, 5.74) is 1.14. The monoisotopic (exact) mass is 488 g/mol. The van der Waals surface area contributed by atoms with Crippen molar-refractivity contribution in [2.45, 2.75) is 17.9 Å². The lowest BCUT2D eigenvalue weighted by molar-refractivity contribution is -0.120. The SMILES string of the molecule is COc1ccc(C(C)NC(=O)CN(c2cccc(Cl)c2)S(=O)(=O)c2ccc(OC)cc2)cc1. The normalized spacial score (nSPS) is 12.0. The minimum absolute atomic E-state index is 0.0271. The van der Waals surface area contributed by atoms with Gasteiger partial charge in [0.25, 0.3) is 10.0 Å². The van der Waals surface area contributed by atoms with Gasteiger partial charge < -0.3 is 14.8 Å². The van der Waals surface area contributed by atoms with E-state index in [9.17, 15) is 13.2 Å². The fourth-order valence-electron chi connectivity index (χ4n) is 3.21. The fourth-order valence-corrected chi connectivity index (χ4v) is 4.81. The maximum Gasteiger partial charge on any atom is 0.264 e. The Kier molecular flexibility index (Phi) is 7.84. The van der Waals surface area contributed by atoms with Crippen molar-refractivity contribution in [2.24, 2.45) is 0 Å². The molecule has 0 aliphatic rings. The van der Waals surface area contributed by atoms with Crippen LogP contribution in [0.5, 0.6) is 11.5 Å². The van der Waals surface area contributed by atoms with Crippen molar-refractivity contribution in [2.75, 3.05) is 25.1 Å². The first kappa shape index (κ1) is 24.4. The third kappa shape index (κ3) is 5.97. The second-order valence-corrected chi connectivity index (χ2v) is 9.53. The van der Waals surface area contributed by atoms with Gasteiger partial charge in [-0.05, 0) is 67.1 Å². The van der Waals surface area contributed by atoms with Crippen LogP contribution in [0.3, 0.4) is 0 Å². The largest absolute Gasteiger partial charge is 0.497 e. The molecule has 7 nitrogen and oxygen atoms in total. The van der Waals surface area contributed by atoms with Crippen molar-refractivity contribution in [3.63, 3.8) is 0 Å². The molecular weight excluding hydrogens is 464 g/mol. The molecule has 0 aliphatic heterocycles. The summed E-state index contributed by atoms with van der Waals surface area (Å²) in [4.78, 5) is 12.9. The number of rotatable bonds is 9. The molecule has 0 fully saturated rings. The zero-order valence-electron chi connectivity index (χ0n) is 18.5. The molecule has 1 N–H and O–H groups in total. The van der Waals surface area contributed by atoms with E-state index in [1.807, 2.05) is 19.1 Å². The molecule has 3 aromatic rings. The van der Waals surface area contributed by atoms with Gasteiger partial charge in [-0.25, -0.2) is 8.42 Å². The molecule has 3 aromatic carbocycles. The summed E-state index contributed by atoms with van der Waals surface area (Å²) in [7, 11) is -0.985. The Hall–Kier alpha value is -3.23. The van der Waals surface area contributed by atoms with Crippen molar-refractivity contribution in [3.05, 3.63) is 83.4 Å². The smallest absolute Gasteiger partial charge is 0.264 e. The summed E-state index contributed by atoms with van der Waals surface area (Å²) >= 11 is 6.10. The van der Waals surface area contributed by atoms with Gasteiger partial charge in [-0.15, -0.1) is 0 Å². The lowest BCUT2D eigenvalue weighted by Gasteiger charge is -2.25. The molecule has 3 rings (SSSR count). The van der Waals surface area contributed by atoms with Gasteiger partial charge in [0.2, 0.25) is 5.91 Å². The summed E-state index contributed by atoms with van der Waals surface area (Å²) in [6, 6.07) is 19.3. The Morgan fingerprint density at radius 2 is 1.55 bits per heavy atom. The van der Waals surface area contributed by atoms with E-state index in [2.05, 4.69) is 5.32 Å². The zero-order chi connectivity index (χ0) is 24.0. The zero-order valence-corrected chi connectivity index (χ0v) is 20.1. The van der Waals surface area contributed by atoms with E-state index < -0.39 is 22.5 Å². The van der Waals surface area contributed by atoms with Gasteiger partial charge in [0.05, 0.1) is 30.8 Å². The molecule has 1 atom stereocenters. The minimum atomic E-state index is -4.06. The minimum Gasteiger partial charge on any atom is -0.497 e. The molecule has 1 unspecified atom stereocenters. The molecule has 0 aromatic heterocycles. The maximum atomic E-state index is 13.5. The number of hydrogen-bond donors (Lipinski definition) is 1. The number of carbonyl (C=O) groups is 1. The topological polar surface area (TPSA) is 84.9 Å². The first-order valence-electron chi connectivity index (χ1n) is 10.1. The molecule has 0 aliphatic carbocycles. The van der Waals surface area contributed by atoms with Crippen LogP contribution >= 0.6 is 11.6 Å². The van der Waals surface area contributed by atoms with E-state index >= 15 is 0 Å². The number of carbonyl (C=O) groups excluding carboxylic acids is 1. The van der Waals surface area contributed by atoms with Crippen molar-refractivity contribution in [1.29, 1.82) is 0 Å². The highest BCUT2D eigenvalue weighted by atomic mass is 35.5. The van der Waals surface area contributed by atoms with E-state index in [0.29, 0.717) is 16.5 Å². The third-order valence-corrected chi connectivity index (χ3v) is 7.05. The highest BCUT2D eigenvalue weighted by molar-refractivity contribution is 7.92. The maximum absolute atomic E-state index is 13.5. The van der Waals surface area contributed by atoms with Crippen LogP contribution in [0.1, 0.15) is 18.5 Å². The molecule has 9 heteroatoms. The Morgan fingerprint density at radius 1 is 0.970 bits per heavy atom. The summed E-state index contributed by atoms with van der Waals surface area (Å²) < 4.78 is 38.2. The molecule has 0 radical (unpaired) electrons.